The van der Waals surface area contributed by atoms with Crippen LogP contribution >= 0.6 is 0 Å². The second-order valence-corrected chi connectivity index (χ2v) is 11.2. The largest absolute Gasteiger partial charge is 0.355 e. The number of sulfonamides is 1. The maximum absolute atomic E-state index is 13.7. The number of aryl methyl sites for hydroxylation is 2. The molecule has 182 valence electrons. The standard InChI is InChI=1S/C27H29N3O4S/c1-19-9-11-21(12-10-19)13-14-25-26(20(2)28-34-25)35(32,33)29-16-5-7-23(18-29)27(31)30-17-15-22-6-3-4-8-24(22)30/h3-4,6,8-14,23H,5,7,15-18H2,1-2H3/b14-13+/t23-/m0/s1. The number of fused-ring (bicyclic) bond motifs is 1. The minimum atomic E-state index is -3.89. The number of aromatic nitrogens is 1. The zero-order valence-corrected chi connectivity index (χ0v) is 20.8. The lowest BCUT2D eigenvalue weighted by molar-refractivity contribution is -0.123. The first-order valence-electron chi connectivity index (χ1n) is 11.9. The molecule has 1 amide bonds. The summed E-state index contributed by atoms with van der Waals surface area (Å²) in [6, 6.07) is 15.8. The van der Waals surface area contributed by atoms with Crippen LogP contribution in [0.15, 0.2) is 57.9 Å². The molecule has 1 aromatic heterocycles. The van der Waals surface area contributed by atoms with Crippen LogP contribution in [0.5, 0.6) is 0 Å². The SMILES string of the molecule is Cc1ccc(/C=C/c2onc(C)c2S(=O)(=O)N2CCC[C@H](C(=O)N3CCc4ccccc43)C2)cc1. The fraction of sp³-hybridized carbons (Fsp3) is 0.333. The molecular weight excluding hydrogens is 462 g/mol. The molecule has 7 nitrogen and oxygen atoms in total. The Balaban J connectivity index is 1.37. The molecule has 0 saturated carbocycles. The molecule has 1 saturated heterocycles. The van der Waals surface area contributed by atoms with Crippen LogP contribution in [0.4, 0.5) is 5.69 Å². The van der Waals surface area contributed by atoms with Crippen molar-refractivity contribution < 1.29 is 17.7 Å². The van der Waals surface area contributed by atoms with Gasteiger partial charge in [0.1, 0.15) is 5.69 Å². The van der Waals surface area contributed by atoms with E-state index in [9.17, 15) is 13.2 Å². The van der Waals surface area contributed by atoms with Crippen LogP contribution in [-0.2, 0) is 21.2 Å². The van der Waals surface area contributed by atoms with Crippen molar-refractivity contribution in [3.8, 4) is 0 Å². The number of carbonyl (C=O) groups is 1. The van der Waals surface area contributed by atoms with Crippen molar-refractivity contribution in [1.29, 1.82) is 0 Å². The molecule has 8 heteroatoms. The molecule has 3 heterocycles. The number of nitrogens with zero attached hydrogens (tertiary/aromatic N) is 3. The van der Waals surface area contributed by atoms with Crippen LogP contribution in [-0.4, -0.2) is 43.4 Å². The molecule has 5 rings (SSSR count). The molecule has 0 unspecified atom stereocenters. The zero-order valence-electron chi connectivity index (χ0n) is 20.0. The van der Waals surface area contributed by atoms with E-state index in [-0.39, 0.29) is 29.0 Å². The van der Waals surface area contributed by atoms with E-state index in [1.165, 1.54) is 4.31 Å². The van der Waals surface area contributed by atoms with E-state index >= 15 is 0 Å². The first-order chi connectivity index (χ1) is 16.8. The van der Waals surface area contributed by atoms with E-state index in [2.05, 4.69) is 5.16 Å². The third kappa shape index (κ3) is 4.56. The quantitative estimate of drug-likeness (QED) is 0.527. The van der Waals surface area contributed by atoms with E-state index in [4.69, 9.17) is 4.52 Å². The average molecular weight is 492 g/mol. The monoisotopic (exact) mass is 491 g/mol. The minimum absolute atomic E-state index is 0.00335. The van der Waals surface area contributed by atoms with Gasteiger partial charge in [0.15, 0.2) is 10.7 Å². The van der Waals surface area contributed by atoms with Crippen LogP contribution in [0.25, 0.3) is 12.2 Å². The van der Waals surface area contributed by atoms with Gasteiger partial charge in [0.2, 0.25) is 15.9 Å². The van der Waals surface area contributed by atoms with E-state index in [1.807, 2.05) is 66.4 Å². The van der Waals surface area contributed by atoms with Gasteiger partial charge in [0.05, 0.1) is 5.92 Å². The Morgan fingerprint density at radius 2 is 1.83 bits per heavy atom. The first kappa shape index (κ1) is 23.5. The third-order valence-electron chi connectivity index (χ3n) is 6.82. The van der Waals surface area contributed by atoms with Gasteiger partial charge in [-0.15, -0.1) is 0 Å². The first-order valence-corrected chi connectivity index (χ1v) is 13.4. The highest BCUT2D eigenvalue weighted by Crippen LogP contribution is 2.33. The molecule has 0 radical (unpaired) electrons. The van der Waals surface area contributed by atoms with Crippen LogP contribution in [0.3, 0.4) is 0 Å². The summed E-state index contributed by atoms with van der Waals surface area (Å²) in [5.41, 5.74) is 4.49. The van der Waals surface area contributed by atoms with Crippen molar-refractivity contribution in [2.24, 2.45) is 5.92 Å². The number of anilines is 1. The van der Waals surface area contributed by atoms with Crippen molar-refractivity contribution in [2.45, 2.75) is 38.0 Å². The van der Waals surface area contributed by atoms with Gasteiger partial charge < -0.3 is 9.42 Å². The Morgan fingerprint density at radius 1 is 1.06 bits per heavy atom. The molecule has 0 bridgehead atoms. The molecule has 0 aliphatic carbocycles. The maximum Gasteiger partial charge on any atom is 0.248 e. The summed E-state index contributed by atoms with van der Waals surface area (Å²) >= 11 is 0. The van der Waals surface area contributed by atoms with E-state index in [0.29, 0.717) is 31.6 Å². The summed E-state index contributed by atoms with van der Waals surface area (Å²) in [4.78, 5) is 15.3. The Labute approximate surface area is 206 Å². The number of hydrogen-bond donors (Lipinski definition) is 0. The van der Waals surface area contributed by atoms with E-state index < -0.39 is 10.0 Å². The topological polar surface area (TPSA) is 83.7 Å². The van der Waals surface area contributed by atoms with Gasteiger partial charge in [0.25, 0.3) is 0 Å². The normalized spacial score (nSPS) is 18.8. The summed E-state index contributed by atoms with van der Waals surface area (Å²) in [6.45, 7) is 4.81. The molecule has 2 aliphatic rings. The van der Waals surface area contributed by atoms with Gasteiger partial charge in [-0.05, 0) is 56.4 Å². The zero-order chi connectivity index (χ0) is 24.6. The summed E-state index contributed by atoms with van der Waals surface area (Å²) in [5, 5.41) is 3.94. The van der Waals surface area contributed by atoms with Crippen molar-refractivity contribution in [3.05, 3.63) is 76.7 Å². The highest BCUT2D eigenvalue weighted by Gasteiger charge is 2.39. The van der Waals surface area contributed by atoms with Crippen molar-refractivity contribution in [2.75, 3.05) is 24.5 Å². The lowest BCUT2D eigenvalue weighted by Gasteiger charge is -2.33. The highest BCUT2D eigenvalue weighted by molar-refractivity contribution is 7.89. The molecule has 2 aromatic carbocycles. The molecule has 1 atom stereocenters. The Bertz CT molecular complexity index is 1380. The van der Waals surface area contributed by atoms with Gasteiger partial charge >= 0.3 is 0 Å². The maximum atomic E-state index is 13.7. The molecule has 0 N–H and O–H groups in total. The summed E-state index contributed by atoms with van der Waals surface area (Å²) < 4.78 is 34.2. The minimum Gasteiger partial charge on any atom is -0.355 e. The number of amides is 1. The fourth-order valence-electron chi connectivity index (χ4n) is 4.93. The lowest BCUT2D eigenvalue weighted by atomic mass is 9.98. The number of benzene rings is 2. The number of piperidine rings is 1. The van der Waals surface area contributed by atoms with Gasteiger partial charge in [-0.25, -0.2) is 8.42 Å². The molecule has 1 fully saturated rings. The number of hydrogen-bond acceptors (Lipinski definition) is 5. The predicted octanol–water partition coefficient (Wildman–Crippen LogP) is 4.45. The van der Waals surface area contributed by atoms with Crippen LogP contribution in [0.2, 0.25) is 0 Å². The number of para-hydroxylation sites is 1. The number of carbonyl (C=O) groups excluding carboxylic acids is 1. The molecule has 0 spiro atoms. The molecule has 3 aromatic rings. The second kappa shape index (κ2) is 9.43. The predicted molar refractivity (Wildman–Crippen MR) is 135 cm³/mol. The second-order valence-electron chi connectivity index (χ2n) is 9.28. The highest BCUT2D eigenvalue weighted by atomic mass is 32.2. The average Bonchev–Trinajstić information content (AvgIpc) is 3.47. The molecule has 2 aliphatic heterocycles. The van der Waals surface area contributed by atoms with E-state index in [0.717, 1.165) is 28.8 Å². The Hall–Kier alpha value is -3.23. The Kier molecular flexibility index (Phi) is 6.34. The van der Waals surface area contributed by atoms with Crippen molar-refractivity contribution in [1.82, 2.24) is 9.46 Å². The van der Waals surface area contributed by atoms with Crippen molar-refractivity contribution >= 4 is 33.8 Å². The van der Waals surface area contributed by atoms with Gasteiger partial charge in [-0.2, -0.15) is 4.31 Å². The summed E-state index contributed by atoms with van der Waals surface area (Å²) in [7, 11) is -3.89. The van der Waals surface area contributed by atoms with Crippen LogP contribution in [0.1, 0.15) is 41.0 Å². The molecular formula is C27H29N3O4S. The fourth-order valence-corrected chi connectivity index (χ4v) is 6.70. The van der Waals surface area contributed by atoms with Crippen molar-refractivity contribution in [3.63, 3.8) is 0 Å². The molecule has 35 heavy (non-hydrogen) atoms. The smallest absolute Gasteiger partial charge is 0.248 e. The summed E-state index contributed by atoms with van der Waals surface area (Å²) in [5.74, 6) is -0.183. The van der Waals surface area contributed by atoms with Gasteiger partial charge in [-0.3, -0.25) is 4.79 Å². The van der Waals surface area contributed by atoms with Gasteiger partial charge in [0, 0.05) is 25.3 Å². The van der Waals surface area contributed by atoms with E-state index in [1.54, 1.807) is 13.0 Å². The Morgan fingerprint density at radius 3 is 2.63 bits per heavy atom. The lowest BCUT2D eigenvalue weighted by Crippen LogP contribution is -2.46. The third-order valence-corrected chi connectivity index (χ3v) is 8.85. The summed E-state index contributed by atoms with van der Waals surface area (Å²) in [6.07, 6.45) is 5.58. The number of rotatable bonds is 5. The van der Waals surface area contributed by atoms with Crippen LogP contribution < -0.4 is 4.90 Å². The van der Waals surface area contributed by atoms with Gasteiger partial charge in [-0.1, -0.05) is 59.3 Å². The van der Waals surface area contributed by atoms with Crippen LogP contribution in [0, 0.1) is 19.8 Å².